The molecule has 0 fully saturated rings. The summed E-state index contributed by atoms with van der Waals surface area (Å²) in [4.78, 5) is 11.3. The third kappa shape index (κ3) is 5.78. The van der Waals surface area contributed by atoms with Gasteiger partial charge in [-0.05, 0) is 19.9 Å². The van der Waals surface area contributed by atoms with Crippen molar-refractivity contribution >= 4 is 5.91 Å². The molecule has 0 bridgehead atoms. The minimum Gasteiger partial charge on any atom is -0.368 e. The average Bonchev–Trinajstić information content (AvgIpc) is 2.18. The minimum atomic E-state index is -0.513. The molecule has 0 saturated carbocycles. The van der Waals surface area contributed by atoms with Crippen LogP contribution in [-0.4, -0.2) is 18.0 Å². The van der Waals surface area contributed by atoms with Crippen LogP contribution < -0.4 is 11.1 Å². The van der Waals surface area contributed by atoms with Crippen LogP contribution in [-0.2, 0) is 4.79 Å². The molecule has 0 saturated heterocycles. The smallest absolute Gasteiger partial charge is 0.237 e. The van der Waals surface area contributed by atoms with Crippen molar-refractivity contribution in [1.82, 2.24) is 5.32 Å². The highest BCUT2D eigenvalue weighted by atomic mass is 16.1. The SMILES string of the molecule is CCCCCCCC(C)(NCC)C(N)=O. The van der Waals surface area contributed by atoms with E-state index in [1.54, 1.807) is 0 Å². The topological polar surface area (TPSA) is 55.1 Å². The Morgan fingerprint density at radius 3 is 2.27 bits per heavy atom. The van der Waals surface area contributed by atoms with E-state index in [-0.39, 0.29) is 5.91 Å². The van der Waals surface area contributed by atoms with Crippen molar-refractivity contribution in [2.45, 2.75) is 64.8 Å². The molecule has 1 atom stereocenters. The third-order valence-electron chi connectivity index (χ3n) is 2.89. The summed E-state index contributed by atoms with van der Waals surface area (Å²) in [6, 6.07) is 0. The molecule has 3 heteroatoms. The first-order valence-electron chi connectivity index (χ1n) is 6.11. The molecule has 0 aromatic carbocycles. The zero-order chi connectivity index (χ0) is 11.7. The van der Waals surface area contributed by atoms with Gasteiger partial charge in [-0.25, -0.2) is 0 Å². The van der Waals surface area contributed by atoms with E-state index in [1.165, 1.54) is 25.7 Å². The van der Waals surface area contributed by atoms with E-state index in [9.17, 15) is 4.79 Å². The lowest BCUT2D eigenvalue weighted by Crippen LogP contribution is -2.52. The van der Waals surface area contributed by atoms with Crippen LogP contribution in [0.4, 0.5) is 0 Å². The van der Waals surface area contributed by atoms with Gasteiger partial charge in [-0.15, -0.1) is 0 Å². The Kier molecular flexibility index (Phi) is 7.39. The summed E-state index contributed by atoms with van der Waals surface area (Å²) in [5.41, 5.74) is 4.88. The van der Waals surface area contributed by atoms with Gasteiger partial charge in [-0.3, -0.25) is 4.79 Å². The number of carbonyl (C=O) groups is 1. The molecule has 3 nitrogen and oxygen atoms in total. The van der Waals surface area contributed by atoms with Crippen LogP contribution in [0.1, 0.15) is 59.3 Å². The first-order valence-corrected chi connectivity index (χ1v) is 6.11. The maximum absolute atomic E-state index is 11.3. The fourth-order valence-corrected chi connectivity index (χ4v) is 1.77. The normalized spacial score (nSPS) is 14.9. The molecule has 0 heterocycles. The van der Waals surface area contributed by atoms with Crippen LogP contribution >= 0.6 is 0 Å². The van der Waals surface area contributed by atoms with Crippen molar-refractivity contribution in [3.8, 4) is 0 Å². The van der Waals surface area contributed by atoms with Crippen LogP contribution in [0.15, 0.2) is 0 Å². The van der Waals surface area contributed by atoms with Gasteiger partial charge in [0.2, 0.25) is 5.91 Å². The molecule has 0 rings (SSSR count). The quantitative estimate of drug-likeness (QED) is 0.578. The Balaban J connectivity index is 3.81. The molecule has 0 aliphatic carbocycles. The number of nitrogens with two attached hydrogens (primary N) is 1. The van der Waals surface area contributed by atoms with Crippen molar-refractivity contribution in [2.24, 2.45) is 5.73 Å². The Morgan fingerprint density at radius 1 is 1.20 bits per heavy atom. The van der Waals surface area contributed by atoms with Gasteiger partial charge in [0.25, 0.3) is 0 Å². The second-order valence-corrected chi connectivity index (χ2v) is 4.39. The van der Waals surface area contributed by atoms with Gasteiger partial charge in [0.05, 0.1) is 5.54 Å². The van der Waals surface area contributed by atoms with Crippen molar-refractivity contribution in [2.75, 3.05) is 6.54 Å². The number of likely N-dealkylation sites (N-methyl/N-ethyl adjacent to an activating group) is 1. The van der Waals surface area contributed by atoms with Crippen molar-refractivity contribution in [3.63, 3.8) is 0 Å². The van der Waals surface area contributed by atoms with Gasteiger partial charge >= 0.3 is 0 Å². The van der Waals surface area contributed by atoms with E-state index in [0.717, 1.165) is 19.4 Å². The largest absolute Gasteiger partial charge is 0.368 e. The molecule has 1 unspecified atom stereocenters. The maximum atomic E-state index is 11.3. The zero-order valence-corrected chi connectivity index (χ0v) is 10.4. The first kappa shape index (κ1) is 14.4. The van der Waals surface area contributed by atoms with Crippen LogP contribution in [0.25, 0.3) is 0 Å². The first-order chi connectivity index (χ1) is 7.06. The molecule has 0 aliphatic heterocycles. The summed E-state index contributed by atoms with van der Waals surface area (Å²) in [7, 11) is 0. The molecule has 0 aromatic heterocycles. The Hall–Kier alpha value is -0.570. The van der Waals surface area contributed by atoms with Crippen LogP contribution in [0.2, 0.25) is 0 Å². The molecule has 15 heavy (non-hydrogen) atoms. The minimum absolute atomic E-state index is 0.236. The number of rotatable bonds is 9. The standard InChI is InChI=1S/C12H26N2O/c1-4-6-7-8-9-10-12(3,11(13)15)14-5-2/h14H,4-10H2,1-3H3,(H2,13,15). The van der Waals surface area contributed by atoms with Crippen LogP contribution in [0.3, 0.4) is 0 Å². The summed E-state index contributed by atoms with van der Waals surface area (Å²) in [5.74, 6) is -0.236. The van der Waals surface area contributed by atoms with E-state index >= 15 is 0 Å². The predicted octanol–water partition coefficient (Wildman–Crippen LogP) is 2.20. The molecule has 3 N–H and O–H groups in total. The van der Waals surface area contributed by atoms with Crippen molar-refractivity contribution < 1.29 is 4.79 Å². The lowest BCUT2D eigenvalue weighted by Gasteiger charge is -2.26. The third-order valence-corrected chi connectivity index (χ3v) is 2.89. The van der Waals surface area contributed by atoms with Crippen LogP contribution in [0.5, 0.6) is 0 Å². The summed E-state index contributed by atoms with van der Waals surface area (Å²) in [5, 5.41) is 3.17. The molecule has 0 spiro atoms. The molecular weight excluding hydrogens is 188 g/mol. The number of hydrogen-bond acceptors (Lipinski definition) is 2. The highest BCUT2D eigenvalue weighted by Crippen LogP contribution is 2.15. The molecule has 0 aliphatic rings. The molecule has 0 aromatic rings. The molecular formula is C12H26N2O. The van der Waals surface area contributed by atoms with Gasteiger partial charge in [0.15, 0.2) is 0 Å². The Morgan fingerprint density at radius 2 is 1.80 bits per heavy atom. The summed E-state index contributed by atoms with van der Waals surface area (Å²) >= 11 is 0. The highest BCUT2D eigenvalue weighted by Gasteiger charge is 2.28. The van der Waals surface area contributed by atoms with Crippen molar-refractivity contribution in [3.05, 3.63) is 0 Å². The molecule has 1 amide bonds. The Bertz CT molecular complexity index is 182. The summed E-state index contributed by atoms with van der Waals surface area (Å²) < 4.78 is 0. The predicted molar refractivity (Wildman–Crippen MR) is 64.7 cm³/mol. The fraction of sp³-hybridized carbons (Fsp3) is 0.917. The molecule has 90 valence electrons. The lowest BCUT2D eigenvalue weighted by molar-refractivity contribution is -0.124. The van der Waals surface area contributed by atoms with Crippen LogP contribution in [0, 0.1) is 0 Å². The number of nitrogens with one attached hydrogen (secondary N) is 1. The highest BCUT2D eigenvalue weighted by molar-refractivity contribution is 5.84. The Labute approximate surface area is 93.8 Å². The monoisotopic (exact) mass is 214 g/mol. The number of unbranched alkanes of at least 4 members (excludes halogenated alkanes) is 4. The van der Waals surface area contributed by atoms with Gasteiger partial charge in [0, 0.05) is 0 Å². The number of carbonyl (C=O) groups excluding carboxylic acids is 1. The van der Waals surface area contributed by atoms with E-state index in [2.05, 4.69) is 12.2 Å². The average molecular weight is 214 g/mol. The lowest BCUT2D eigenvalue weighted by atomic mass is 9.93. The van der Waals surface area contributed by atoms with Gasteiger partial charge < -0.3 is 11.1 Å². The van der Waals surface area contributed by atoms with Gasteiger partial charge in [0.1, 0.15) is 0 Å². The van der Waals surface area contributed by atoms with E-state index in [4.69, 9.17) is 5.73 Å². The number of amides is 1. The van der Waals surface area contributed by atoms with Gasteiger partial charge in [-0.1, -0.05) is 46.0 Å². The summed E-state index contributed by atoms with van der Waals surface area (Å²) in [6.45, 7) is 6.89. The number of primary amides is 1. The number of hydrogen-bond donors (Lipinski definition) is 2. The van der Waals surface area contributed by atoms with Gasteiger partial charge in [-0.2, -0.15) is 0 Å². The second kappa shape index (κ2) is 7.69. The fourth-order valence-electron chi connectivity index (χ4n) is 1.77. The van der Waals surface area contributed by atoms with E-state index in [1.807, 2.05) is 13.8 Å². The summed E-state index contributed by atoms with van der Waals surface area (Å²) in [6.07, 6.45) is 6.92. The van der Waals surface area contributed by atoms with Crippen molar-refractivity contribution in [1.29, 1.82) is 0 Å². The molecule has 0 radical (unpaired) electrons. The maximum Gasteiger partial charge on any atom is 0.237 e. The second-order valence-electron chi connectivity index (χ2n) is 4.39. The van der Waals surface area contributed by atoms with E-state index in [0.29, 0.717) is 0 Å². The van der Waals surface area contributed by atoms with E-state index < -0.39 is 5.54 Å². The zero-order valence-electron chi connectivity index (χ0n) is 10.4.